The average molecular weight is 393 g/mol. The summed E-state index contributed by atoms with van der Waals surface area (Å²) in [7, 11) is -3.84. The molecule has 1 unspecified atom stereocenters. The highest BCUT2D eigenvalue weighted by Crippen LogP contribution is 2.41. The van der Waals surface area contributed by atoms with Crippen molar-refractivity contribution in [2.45, 2.75) is 12.8 Å². The lowest BCUT2D eigenvalue weighted by Gasteiger charge is -2.24. The molecule has 0 saturated carbocycles. The second-order valence-corrected chi connectivity index (χ2v) is 8.16. The first-order chi connectivity index (χ1) is 12.3. The fourth-order valence-electron chi connectivity index (χ4n) is 3.18. The second-order valence-electron chi connectivity index (χ2n) is 6.11. The molecule has 1 aliphatic heterocycles. The lowest BCUT2D eigenvalue weighted by Crippen LogP contribution is -2.27. The molecule has 3 aromatic rings. The van der Waals surface area contributed by atoms with E-state index >= 15 is 0 Å². The number of halogens is 2. The minimum atomic E-state index is -3.84. The van der Waals surface area contributed by atoms with Crippen LogP contribution in [0.25, 0.3) is 5.69 Å². The highest BCUT2D eigenvalue weighted by Gasteiger charge is 2.38. The summed E-state index contributed by atoms with van der Waals surface area (Å²) in [6.45, 7) is 1.78. The monoisotopic (exact) mass is 392 g/mol. The first-order valence-electron chi connectivity index (χ1n) is 7.87. The molecule has 2 heterocycles. The normalized spacial score (nSPS) is 18.2. The molecule has 1 aromatic heterocycles. The predicted octanol–water partition coefficient (Wildman–Crippen LogP) is 3.83. The summed E-state index contributed by atoms with van der Waals surface area (Å²) in [4.78, 5) is 0. The van der Waals surface area contributed by atoms with Crippen molar-refractivity contribution in [3.63, 3.8) is 0 Å². The summed E-state index contributed by atoms with van der Waals surface area (Å²) in [6, 6.07) is 12.7. The van der Waals surface area contributed by atoms with Crippen molar-refractivity contribution in [3.8, 4) is 11.6 Å². The average Bonchev–Trinajstić information content (AvgIpc) is 2.90. The van der Waals surface area contributed by atoms with Crippen LogP contribution >= 0.6 is 11.6 Å². The second kappa shape index (κ2) is 6.10. The van der Waals surface area contributed by atoms with E-state index in [2.05, 4.69) is 5.10 Å². The molecule has 1 aliphatic rings. The summed E-state index contributed by atoms with van der Waals surface area (Å²) in [5, 5.41) is 5.00. The van der Waals surface area contributed by atoms with Crippen LogP contribution in [-0.2, 0) is 10.1 Å². The standard InChI is InChI=1S/C18H14ClFN2O3S/c1-11-17-16(12-3-2-4-14(20)9-12)10-26(23,24)25-18(17)22(21-11)15-7-5-13(19)6-8-15/h2-9,16H,10H2,1H3. The van der Waals surface area contributed by atoms with Gasteiger partial charge in [-0.3, -0.25) is 0 Å². The molecule has 0 amide bonds. The third-order valence-electron chi connectivity index (χ3n) is 4.31. The molecule has 0 bridgehead atoms. The van der Waals surface area contributed by atoms with Gasteiger partial charge in [-0.25, -0.2) is 4.39 Å². The van der Waals surface area contributed by atoms with Gasteiger partial charge in [-0.05, 0) is 48.9 Å². The molecule has 1 atom stereocenters. The Morgan fingerprint density at radius 3 is 2.65 bits per heavy atom. The zero-order valence-corrected chi connectivity index (χ0v) is 15.3. The molecule has 4 rings (SSSR count). The third-order valence-corrected chi connectivity index (χ3v) is 5.72. The first kappa shape index (κ1) is 17.1. The van der Waals surface area contributed by atoms with E-state index < -0.39 is 21.9 Å². The van der Waals surface area contributed by atoms with Gasteiger partial charge in [-0.1, -0.05) is 23.7 Å². The van der Waals surface area contributed by atoms with E-state index in [0.717, 1.165) is 0 Å². The van der Waals surface area contributed by atoms with Gasteiger partial charge in [-0.15, -0.1) is 0 Å². The molecule has 0 fully saturated rings. The van der Waals surface area contributed by atoms with Crippen molar-refractivity contribution in [1.29, 1.82) is 0 Å². The van der Waals surface area contributed by atoms with E-state index in [9.17, 15) is 12.8 Å². The van der Waals surface area contributed by atoms with E-state index in [1.165, 1.54) is 16.8 Å². The number of nitrogens with zero attached hydrogens (tertiary/aromatic N) is 2. The number of aryl methyl sites for hydroxylation is 1. The SMILES string of the molecule is Cc1nn(-c2ccc(Cl)cc2)c2c1C(c1cccc(F)c1)CS(=O)(=O)O2. The van der Waals surface area contributed by atoms with Gasteiger partial charge < -0.3 is 4.18 Å². The van der Waals surface area contributed by atoms with Crippen LogP contribution < -0.4 is 4.18 Å². The van der Waals surface area contributed by atoms with E-state index in [4.69, 9.17) is 15.8 Å². The van der Waals surface area contributed by atoms with Crippen molar-refractivity contribution >= 4 is 21.7 Å². The first-order valence-corrected chi connectivity index (χ1v) is 9.83. The van der Waals surface area contributed by atoms with Crippen molar-refractivity contribution in [3.05, 3.63) is 76.2 Å². The third kappa shape index (κ3) is 2.97. The molecular formula is C18H14ClFN2O3S. The largest absolute Gasteiger partial charge is 0.361 e. The quantitative estimate of drug-likeness (QED) is 0.622. The summed E-state index contributed by atoms with van der Waals surface area (Å²) >= 11 is 5.92. The van der Waals surface area contributed by atoms with Crippen molar-refractivity contribution in [1.82, 2.24) is 9.78 Å². The molecule has 8 heteroatoms. The van der Waals surface area contributed by atoms with Crippen LogP contribution in [0.15, 0.2) is 48.5 Å². The molecular weight excluding hydrogens is 379 g/mol. The van der Waals surface area contributed by atoms with Gasteiger partial charge in [0.15, 0.2) is 0 Å². The van der Waals surface area contributed by atoms with Crippen molar-refractivity contribution < 1.29 is 17.0 Å². The number of hydrogen-bond donors (Lipinski definition) is 0. The number of hydrogen-bond acceptors (Lipinski definition) is 4. The zero-order valence-electron chi connectivity index (χ0n) is 13.7. The fraction of sp³-hybridized carbons (Fsp3) is 0.167. The summed E-state index contributed by atoms with van der Waals surface area (Å²) in [6.07, 6.45) is 0. The molecule has 134 valence electrons. The molecule has 0 aliphatic carbocycles. The Morgan fingerprint density at radius 2 is 1.96 bits per heavy atom. The maximum Gasteiger partial charge on any atom is 0.311 e. The zero-order chi connectivity index (χ0) is 18.5. The van der Waals surface area contributed by atoms with Gasteiger partial charge in [0.2, 0.25) is 5.88 Å². The van der Waals surface area contributed by atoms with Crippen LogP contribution in [0.1, 0.15) is 22.7 Å². The Balaban J connectivity index is 1.92. The highest BCUT2D eigenvalue weighted by atomic mass is 35.5. The summed E-state index contributed by atoms with van der Waals surface area (Å²) < 4.78 is 45.1. The van der Waals surface area contributed by atoms with E-state index in [0.29, 0.717) is 27.5 Å². The lowest BCUT2D eigenvalue weighted by atomic mass is 9.93. The molecule has 0 saturated heterocycles. The van der Waals surface area contributed by atoms with Crippen LogP contribution in [-0.4, -0.2) is 24.0 Å². The van der Waals surface area contributed by atoms with Crippen LogP contribution in [0, 0.1) is 12.7 Å². The molecule has 5 nitrogen and oxygen atoms in total. The maximum absolute atomic E-state index is 13.7. The smallest absolute Gasteiger partial charge is 0.311 e. The predicted molar refractivity (Wildman–Crippen MR) is 96.0 cm³/mol. The Labute approximate surface area is 155 Å². The molecule has 0 radical (unpaired) electrons. The van der Waals surface area contributed by atoms with Gasteiger partial charge in [0.1, 0.15) is 5.82 Å². The number of rotatable bonds is 2. The summed E-state index contributed by atoms with van der Waals surface area (Å²) in [5.41, 5.74) is 2.45. The van der Waals surface area contributed by atoms with Gasteiger partial charge in [-0.2, -0.15) is 18.2 Å². The van der Waals surface area contributed by atoms with Gasteiger partial charge >= 0.3 is 10.1 Å². The van der Waals surface area contributed by atoms with Crippen molar-refractivity contribution in [2.75, 3.05) is 5.75 Å². The van der Waals surface area contributed by atoms with Crippen LogP contribution in [0.5, 0.6) is 5.88 Å². The van der Waals surface area contributed by atoms with E-state index in [-0.39, 0.29) is 11.6 Å². The minimum Gasteiger partial charge on any atom is -0.361 e. The van der Waals surface area contributed by atoms with Gasteiger partial charge in [0.25, 0.3) is 0 Å². The van der Waals surface area contributed by atoms with Crippen LogP contribution in [0.2, 0.25) is 5.02 Å². The maximum atomic E-state index is 13.7. The fourth-order valence-corrected chi connectivity index (χ4v) is 4.55. The van der Waals surface area contributed by atoms with Crippen LogP contribution in [0.4, 0.5) is 4.39 Å². The Kier molecular flexibility index (Phi) is 4.00. The van der Waals surface area contributed by atoms with E-state index in [1.54, 1.807) is 43.3 Å². The Bertz CT molecular complexity index is 1090. The topological polar surface area (TPSA) is 61.2 Å². The van der Waals surface area contributed by atoms with Crippen molar-refractivity contribution in [2.24, 2.45) is 0 Å². The Hall–Kier alpha value is -2.38. The number of aromatic nitrogens is 2. The minimum absolute atomic E-state index is 0.130. The number of fused-ring (bicyclic) bond motifs is 1. The molecule has 2 aromatic carbocycles. The van der Waals surface area contributed by atoms with E-state index in [1.807, 2.05) is 0 Å². The summed E-state index contributed by atoms with van der Waals surface area (Å²) in [5.74, 6) is -1.11. The molecule has 26 heavy (non-hydrogen) atoms. The van der Waals surface area contributed by atoms with Gasteiger partial charge in [0, 0.05) is 16.5 Å². The van der Waals surface area contributed by atoms with Gasteiger partial charge in [0.05, 0.1) is 17.1 Å². The molecule has 0 N–H and O–H groups in total. The highest BCUT2D eigenvalue weighted by molar-refractivity contribution is 7.87. The lowest BCUT2D eigenvalue weighted by molar-refractivity contribution is 0.446. The Morgan fingerprint density at radius 1 is 1.23 bits per heavy atom. The number of benzene rings is 2. The van der Waals surface area contributed by atoms with Crippen LogP contribution in [0.3, 0.4) is 0 Å². The molecule has 0 spiro atoms.